The van der Waals surface area contributed by atoms with E-state index in [1.54, 1.807) is 19.1 Å². The van der Waals surface area contributed by atoms with E-state index in [1.165, 1.54) is 6.07 Å². The number of benzene rings is 1. The summed E-state index contributed by atoms with van der Waals surface area (Å²) in [6, 6.07) is 6.48. The topological polar surface area (TPSA) is 67.2 Å². The monoisotopic (exact) mass is 313 g/mol. The van der Waals surface area contributed by atoms with E-state index in [1.807, 2.05) is 6.07 Å². The fourth-order valence-electron chi connectivity index (χ4n) is 1.65. The normalized spacial score (nSPS) is 11.5. The lowest BCUT2D eigenvalue weighted by Gasteiger charge is -2.10. The van der Waals surface area contributed by atoms with Crippen molar-refractivity contribution in [2.24, 2.45) is 0 Å². The van der Waals surface area contributed by atoms with Gasteiger partial charge in [0.05, 0.1) is 19.1 Å². The molecule has 0 saturated heterocycles. The van der Waals surface area contributed by atoms with Crippen LogP contribution in [0.4, 0.5) is 0 Å². The van der Waals surface area contributed by atoms with Gasteiger partial charge in [0.15, 0.2) is 5.78 Å². The zero-order chi connectivity index (χ0) is 15.1. The van der Waals surface area contributed by atoms with E-state index in [9.17, 15) is 9.59 Å². The quantitative estimate of drug-likeness (QED) is 0.754. The predicted octanol–water partition coefficient (Wildman–Crippen LogP) is 3.51. The Kier molecular flexibility index (Phi) is 6.50. The van der Waals surface area contributed by atoms with Crippen LogP contribution in [0.5, 0.6) is 0 Å². The molecule has 6 heteroatoms. The third-order valence-electron chi connectivity index (χ3n) is 2.61. The van der Waals surface area contributed by atoms with E-state index >= 15 is 0 Å². The van der Waals surface area contributed by atoms with Crippen LogP contribution in [0.15, 0.2) is 18.2 Å². The van der Waals surface area contributed by atoms with Gasteiger partial charge < -0.3 is 4.74 Å². The van der Waals surface area contributed by atoms with E-state index in [0.29, 0.717) is 10.6 Å². The van der Waals surface area contributed by atoms with Crippen LogP contribution in [0, 0.1) is 11.3 Å². The van der Waals surface area contributed by atoms with Crippen LogP contribution >= 0.6 is 23.2 Å². The van der Waals surface area contributed by atoms with Crippen molar-refractivity contribution in [2.45, 2.75) is 25.7 Å². The molecule has 0 spiro atoms. The molecule has 1 aromatic carbocycles. The number of esters is 1. The molecule has 0 aliphatic heterocycles. The number of ketones is 1. The first kappa shape index (κ1) is 16.5. The van der Waals surface area contributed by atoms with Gasteiger partial charge in [-0.15, -0.1) is 0 Å². The molecule has 1 atom stereocenters. The van der Waals surface area contributed by atoms with Crippen LogP contribution in [0.2, 0.25) is 10.0 Å². The van der Waals surface area contributed by atoms with Crippen LogP contribution in [0.1, 0.15) is 31.2 Å². The molecule has 0 N–H and O–H groups in total. The summed E-state index contributed by atoms with van der Waals surface area (Å²) >= 11 is 11.7. The highest BCUT2D eigenvalue weighted by Gasteiger charge is 2.23. The number of carbonyl (C=O) groups is 2. The second-order valence-corrected chi connectivity index (χ2v) is 4.84. The summed E-state index contributed by atoms with van der Waals surface area (Å²) in [7, 11) is 0. The molecule has 1 rings (SSSR count). The van der Waals surface area contributed by atoms with Gasteiger partial charge in [-0.25, -0.2) is 0 Å². The molecule has 0 amide bonds. The highest BCUT2D eigenvalue weighted by atomic mass is 35.5. The van der Waals surface area contributed by atoms with Gasteiger partial charge in [0.1, 0.15) is 5.92 Å². The van der Waals surface area contributed by atoms with Crippen molar-refractivity contribution >= 4 is 35.0 Å². The van der Waals surface area contributed by atoms with E-state index in [4.69, 9.17) is 33.2 Å². The largest absolute Gasteiger partial charge is 0.466 e. The number of carbonyl (C=O) groups excluding carboxylic acids is 2. The Morgan fingerprint density at radius 1 is 1.35 bits per heavy atom. The van der Waals surface area contributed by atoms with Gasteiger partial charge >= 0.3 is 5.97 Å². The Morgan fingerprint density at radius 3 is 2.60 bits per heavy atom. The van der Waals surface area contributed by atoms with E-state index in [0.717, 1.165) is 0 Å². The number of nitrogens with zero attached hydrogens (tertiary/aromatic N) is 1. The van der Waals surface area contributed by atoms with Gasteiger partial charge in [0.2, 0.25) is 0 Å². The van der Waals surface area contributed by atoms with Crippen LogP contribution in [0.3, 0.4) is 0 Å². The summed E-state index contributed by atoms with van der Waals surface area (Å²) in [6.45, 7) is 1.95. The Hall–Kier alpha value is -1.57. The SMILES string of the molecule is CCOC(=O)CCC(=O)C(C#N)c1ccc(Cl)cc1Cl. The van der Waals surface area contributed by atoms with Gasteiger partial charge in [-0.2, -0.15) is 5.26 Å². The summed E-state index contributed by atoms with van der Waals surface area (Å²) in [5, 5.41) is 9.82. The van der Waals surface area contributed by atoms with Gasteiger partial charge in [0.25, 0.3) is 0 Å². The average molecular weight is 314 g/mol. The summed E-state index contributed by atoms with van der Waals surface area (Å²) < 4.78 is 4.73. The van der Waals surface area contributed by atoms with Crippen molar-refractivity contribution in [1.82, 2.24) is 0 Å². The van der Waals surface area contributed by atoms with Gasteiger partial charge in [-0.1, -0.05) is 29.3 Å². The molecular formula is C14H13Cl2NO3. The second-order valence-electron chi connectivity index (χ2n) is 4.00. The first-order valence-corrected chi connectivity index (χ1v) is 6.78. The molecule has 0 aromatic heterocycles. The Balaban J connectivity index is 2.78. The zero-order valence-electron chi connectivity index (χ0n) is 10.9. The van der Waals surface area contributed by atoms with Gasteiger partial charge in [-0.05, 0) is 24.6 Å². The number of rotatable bonds is 6. The molecule has 0 radical (unpaired) electrons. The molecule has 0 bridgehead atoms. The number of Topliss-reactive ketones (excluding diaryl/α,β-unsaturated/α-hetero) is 1. The summed E-state index contributed by atoms with van der Waals surface area (Å²) in [5.74, 6) is -1.83. The highest BCUT2D eigenvalue weighted by Crippen LogP contribution is 2.28. The molecule has 0 heterocycles. The Morgan fingerprint density at radius 2 is 2.05 bits per heavy atom. The van der Waals surface area contributed by atoms with Crippen molar-refractivity contribution < 1.29 is 14.3 Å². The number of hydrogen-bond acceptors (Lipinski definition) is 4. The third kappa shape index (κ3) is 4.52. The van der Waals surface area contributed by atoms with Crippen LogP contribution in [0.25, 0.3) is 0 Å². The van der Waals surface area contributed by atoms with Crippen molar-refractivity contribution in [3.8, 4) is 6.07 Å². The van der Waals surface area contributed by atoms with E-state index < -0.39 is 11.9 Å². The minimum Gasteiger partial charge on any atom is -0.466 e. The fraction of sp³-hybridized carbons (Fsp3) is 0.357. The molecule has 20 heavy (non-hydrogen) atoms. The number of hydrogen-bond donors (Lipinski definition) is 0. The number of ether oxygens (including phenoxy) is 1. The fourth-order valence-corrected chi connectivity index (χ4v) is 2.17. The molecule has 106 valence electrons. The first-order valence-electron chi connectivity index (χ1n) is 6.02. The van der Waals surface area contributed by atoms with E-state index in [2.05, 4.69) is 0 Å². The molecule has 0 aliphatic carbocycles. The maximum atomic E-state index is 12.0. The van der Waals surface area contributed by atoms with Crippen LogP contribution in [-0.2, 0) is 14.3 Å². The Bertz CT molecular complexity index is 552. The number of halogens is 2. The second kappa shape index (κ2) is 7.88. The first-order chi connectivity index (χ1) is 9.49. The van der Waals surface area contributed by atoms with Crippen molar-refractivity contribution in [3.05, 3.63) is 33.8 Å². The standard InChI is InChI=1S/C14H13Cl2NO3/c1-2-20-14(19)6-5-13(18)11(8-17)10-4-3-9(15)7-12(10)16/h3-4,7,11H,2,5-6H2,1H3. The number of nitriles is 1. The summed E-state index contributed by atoms with van der Waals surface area (Å²) in [5.41, 5.74) is 0.396. The third-order valence-corrected chi connectivity index (χ3v) is 3.17. The summed E-state index contributed by atoms with van der Waals surface area (Å²) in [4.78, 5) is 23.2. The van der Waals surface area contributed by atoms with Crippen LogP contribution in [-0.4, -0.2) is 18.4 Å². The lowest BCUT2D eigenvalue weighted by molar-refractivity contribution is -0.144. The molecule has 1 aromatic rings. The van der Waals surface area contributed by atoms with Crippen molar-refractivity contribution in [2.75, 3.05) is 6.61 Å². The Labute approximate surface area is 127 Å². The van der Waals surface area contributed by atoms with Gasteiger partial charge in [0, 0.05) is 16.5 Å². The van der Waals surface area contributed by atoms with Gasteiger partial charge in [-0.3, -0.25) is 9.59 Å². The lowest BCUT2D eigenvalue weighted by atomic mass is 9.93. The average Bonchev–Trinajstić information content (AvgIpc) is 2.40. The summed E-state index contributed by atoms with van der Waals surface area (Å²) in [6.07, 6.45) is -0.105. The van der Waals surface area contributed by atoms with E-state index in [-0.39, 0.29) is 30.3 Å². The smallest absolute Gasteiger partial charge is 0.306 e. The highest BCUT2D eigenvalue weighted by molar-refractivity contribution is 6.35. The van der Waals surface area contributed by atoms with Crippen LogP contribution < -0.4 is 0 Å². The van der Waals surface area contributed by atoms with Crippen molar-refractivity contribution in [1.29, 1.82) is 5.26 Å². The molecule has 4 nitrogen and oxygen atoms in total. The van der Waals surface area contributed by atoms with Crippen molar-refractivity contribution in [3.63, 3.8) is 0 Å². The minimum absolute atomic E-state index is 0.0456. The molecule has 1 unspecified atom stereocenters. The molecule has 0 saturated carbocycles. The zero-order valence-corrected chi connectivity index (χ0v) is 12.4. The lowest BCUT2D eigenvalue weighted by Crippen LogP contribution is -2.14. The predicted molar refractivity (Wildman–Crippen MR) is 75.7 cm³/mol. The molecular weight excluding hydrogens is 301 g/mol. The molecule has 0 fully saturated rings. The maximum absolute atomic E-state index is 12.0. The maximum Gasteiger partial charge on any atom is 0.306 e. The minimum atomic E-state index is -1.01. The molecule has 0 aliphatic rings.